The fourth-order valence-corrected chi connectivity index (χ4v) is 4.72. The molecule has 9 heteroatoms. The van der Waals surface area contributed by atoms with Crippen molar-refractivity contribution in [2.45, 2.75) is 68.8 Å². The third-order valence-corrected chi connectivity index (χ3v) is 6.69. The van der Waals surface area contributed by atoms with Gasteiger partial charge in [0.2, 0.25) is 0 Å². The molecule has 2 heterocycles. The largest absolute Gasteiger partial charge is 0.388 e. The minimum Gasteiger partial charge on any atom is -0.388 e. The second kappa shape index (κ2) is 9.18. The normalized spacial score (nSPS) is 27.9. The molecule has 1 N–H and O–H groups in total. The molecule has 8 nitrogen and oxygen atoms in total. The number of rotatable bonds is 8. The van der Waals surface area contributed by atoms with Crippen LogP contribution < -0.4 is 0 Å². The molecule has 2 fully saturated rings. The van der Waals surface area contributed by atoms with Crippen LogP contribution in [0, 0.1) is 6.92 Å². The van der Waals surface area contributed by atoms with E-state index < -0.39 is 53.2 Å². The molecule has 32 heavy (non-hydrogen) atoms. The first-order valence-corrected chi connectivity index (χ1v) is 11.9. The summed E-state index contributed by atoms with van der Waals surface area (Å²) in [5.74, 6) is -0.856. The maximum Gasteiger partial charge on any atom is 0.297 e. The number of aliphatic hydroxyl groups is 1. The lowest BCUT2D eigenvalue weighted by Gasteiger charge is -2.28. The van der Waals surface area contributed by atoms with Crippen molar-refractivity contribution in [3.8, 4) is 0 Å². The van der Waals surface area contributed by atoms with Gasteiger partial charge in [-0.3, -0.25) is 4.18 Å². The van der Waals surface area contributed by atoms with Crippen LogP contribution in [0.15, 0.2) is 59.5 Å². The lowest BCUT2D eigenvalue weighted by Crippen LogP contribution is -2.44. The van der Waals surface area contributed by atoms with Crippen molar-refractivity contribution in [3.63, 3.8) is 0 Å². The van der Waals surface area contributed by atoms with Gasteiger partial charge in [0, 0.05) is 0 Å². The third kappa shape index (κ3) is 5.20. The van der Waals surface area contributed by atoms with Gasteiger partial charge in [-0.1, -0.05) is 48.0 Å². The summed E-state index contributed by atoms with van der Waals surface area (Å²) < 4.78 is 53.7. The molecule has 0 aliphatic carbocycles. The number of aryl methyl sites for hydroxylation is 1. The Bertz CT molecular complexity index is 1010. The number of benzene rings is 2. The molecule has 2 aliphatic heterocycles. The molecule has 0 bridgehead atoms. The molecule has 174 valence electrons. The zero-order valence-corrected chi connectivity index (χ0v) is 19.0. The second-order valence-electron chi connectivity index (χ2n) is 8.45. The van der Waals surface area contributed by atoms with E-state index in [0.717, 1.165) is 11.1 Å². The number of ether oxygens (including phenoxy) is 4. The molecule has 0 spiro atoms. The number of hydrogen-bond acceptors (Lipinski definition) is 8. The Morgan fingerprint density at radius 1 is 1.06 bits per heavy atom. The number of hydrogen-bond donors (Lipinski definition) is 1. The van der Waals surface area contributed by atoms with Crippen molar-refractivity contribution in [1.82, 2.24) is 0 Å². The van der Waals surface area contributed by atoms with E-state index in [2.05, 4.69) is 0 Å². The van der Waals surface area contributed by atoms with Gasteiger partial charge in [-0.05, 0) is 38.5 Å². The summed E-state index contributed by atoms with van der Waals surface area (Å²) in [5, 5.41) is 10.8. The van der Waals surface area contributed by atoms with Gasteiger partial charge in [-0.2, -0.15) is 8.42 Å². The third-order valence-electron chi connectivity index (χ3n) is 5.40. The van der Waals surface area contributed by atoms with E-state index in [9.17, 15) is 13.5 Å². The first kappa shape index (κ1) is 23.3. The summed E-state index contributed by atoms with van der Waals surface area (Å²) in [7, 11) is -4.03. The van der Waals surface area contributed by atoms with E-state index in [1.807, 2.05) is 37.3 Å². The summed E-state index contributed by atoms with van der Waals surface area (Å²) >= 11 is 0. The van der Waals surface area contributed by atoms with Crippen molar-refractivity contribution >= 4 is 10.1 Å². The van der Waals surface area contributed by atoms with Gasteiger partial charge in [-0.15, -0.1) is 0 Å². The van der Waals surface area contributed by atoms with Crippen molar-refractivity contribution in [2.24, 2.45) is 0 Å². The highest BCUT2D eigenvalue weighted by Crippen LogP contribution is 2.40. The molecule has 0 aromatic heterocycles. The molecule has 2 saturated heterocycles. The van der Waals surface area contributed by atoms with E-state index in [1.165, 1.54) is 12.1 Å². The van der Waals surface area contributed by atoms with Gasteiger partial charge >= 0.3 is 0 Å². The minimum atomic E-state index is -4.03. The molecule has 2 aliphatic rings. The van der Waals surface area contributed by atoms with Crippen molar-refractivity contribution < 1.29 is 36.7 Å². The highest BCUT2D eigenvalue weighted by Gasteiger charge is 2.57. The predicted octanol–water partition coefficient (Wildman–Crippen LogP) is 2.52. The first-order chi connectivity index (χ1) is 15.1. The van der Waals surface area contributed by atoms with Crippen LogP contribution in [0.3, 0.4) is 0 Å². The smallest absolute Gasteiger partial charge is 0.297 e. The number of fused-ring (bicyclic) bond motifs is 1. The van der Waals surface area contributed by atoms with Gasteiger partial charge < -0.3 is 24.1 Å². The van der Waals surface area contributed by atoms with E-state index in [-0.39, 0.29) is 11.5 Å². The Labute approximate surface area is 188 Å². The molecule has 0 unspecified atom stereocenters. The standard InChI is InChI=1S/C23H28O8S/c1-15-9-11-17(12-10-15)32(25,26)28-14-18(24)19-20(27-13-16-7-5-4-6-8-16)21-22(29-19)31-23(2,3)30-21/h4-12,18-22,24H,13-14H2,1-3H3/t18-,19-,20+,21-,22-/m1/s1. The van der Waals surface area contributed by atoms with Crippen molar-refractivity contribution in [1.29, 1.82) is 0 Å². The number of aliphatic hydroxyl groups excluding tert-OH is 1. The lowest BCUT2D eigenvalue weighted by atomic mass is 10.1. The summed E-state index contributed by atoms with van der Waals surface area (Å²) in [6, 6.07) is 15.8. The molecular formula is C23H28O8S. The Morgan fingerprint density at radius 3 is 2.44 bits per heavy atom. The van der Waals surface area contributed by atoms with Crippen molar-refractivity contribution in [3.05, 3.63) is 65.7 Å². The first-order valence-electron chi connectivity index (χ1n) is 10.5. The second-order valence-corrected chi connectivity index (χ2v) is 10.1. The maximum absolute atomic E-state index is 12.5. The quantitative estimate of drug-likeness (QED) is 0.595. The molecule has 2 aromatic rings. The molecule has 4 rings (SSSR count). The zero-order valence-electron chi connectivity index (χ0n) is 18.2. The summed E-state index contributed by atoms with van der Waals surface area (Å²) in [5.41, 5.74) is 1.87. The molecular weight excluding hydrogens is 436 g/mol. The van der Waals surface area contributed by atoms with Crippen LogP contribution in [-0.2, 0) is 39.9 Å². The average molecular weight is 465 g/mol. The topological polar surface area (TPSA) is 101 Å². The van der Waals surface area contributed by atoms with Crippen LogP contribution in [0.25, 0.3) is 0 Å². The summed E-state index contributed by atoms with van der Waals surface area (Å²) in [6.45, 7) is 5.18. The Hall–Kier alpha value is -1.85. The van der Waals surface area contributed by atoms with Gasteiger partial charge in [0.05, 0.1) is 18.1 Å². The van der Waals surface area contributed by atoms with Gasteiger partial charge in [-0.25, -0.2) is 0 Å². The molecule has 5 atom stereocenters. The van der Waals surface area contributed by atoms with Crippen LogP contribution >= 0.6 is 0 Å². The molecule has 0 radical (unpaired) electrons. The van der Waals surface area contributed by atoms with Gasteiger partial charge in [0.1, 0.15) is 24.4 Å². The molecule has 0 saturated carbocycles. The average Bonchev–Trinajstić information content (AvgIpc) is 3.23. The zero-order chi connectivity index (χ0) is 22.9. The SMILES string of the molecule is Cc1ccc(S(=O)(=O)OC[C@@H](O)[C@H]2O[C@@H]3OC(C)(C)O[C@@H]3[C@H]2OCc2ccccc2)cc1. The maximum atomic E-state index is 12.5. The predicted molar refractivity (Wildman–Crippen MR) is 114 cm³/mol. The summed E-state index contributed by atoms with van der Waals surface area (Å²) in [6.07, 6.45) is -4.15. The van der Waals surface area contributed by atoms with Crippen LogP contribution in [0.1, 0.15) is 25.0 Å². The van der Waals surface area contributed by atoms with E-state index in [1.54, 1.807) is 26.0 Å². The Balaban J connectivity index is 1.44. The Kier molecular flexibility index (Phi) is 6.69. The highest BCUT2D eigenvalue weighted by atomic mass is 32.2. The summed E-state index contributed by atoms with van der Waals surface area (Å²) in [4.78, 5) is 0.0183. The van der Waals surface area contributed by atoms with Gasteiger partial charge in [0.15, 0.2) is 12.1 Å². The van der Waals surface area contributed by atoms with Gasteiger partial charge in [0.25, 0.3) is 10.1 Å². The van der Waals surface area contributed by atoms with Crippen LogP contribution in [0.5, 0.6) is 0 Å². The fraction of sp³-hybridized carbons (Fsp3) is 0.478. The molecule has 2 aromatic carbocycles. The van der Waals surface area contributed by atoms with E-state index in [4.69, 9.17) is 23.1 Å². The van der Waals surface area contributed by atoms with Crippen LogP contribution in [-0.4, -0.2) is 56.6 Å². The minimum absolute atomic E-state index is 0.0183. The van der Waals surface area contributed by atoms with Crippen LogP contribution in [0.2, 0.25) is 0 Å². The monoisotopic (exact) mass is 464 g/mol. The molecule has 0 amide bonds. The van der Waals surface area contributed by atoms with Crippen LogP contribution in [0.4, 0.5) is 0 Å². The van der Waals surface area contributed by atoms with E-state index in [0.29, 0.717) is 0 Å². The Morgan fingerprint density at radius 2 is 1.75 bits per heavy atom. The fourth-order valence-electron chi connectivity index (χ4n) is 3.80. The lowest BCUT2D eigenvalue weighted by molar-refractivity contribution is -0.231. The van der Waals surface area contributed by atoms with E-state index >= 15 is 0 Å². The highest BCUT2D eigenvalue weighted by molar-refractivity contribution is 7.86. The van der Waals surface area contributed by atoms with Crippen molar-refractivity contribution in [2.75, 3.05) is 6.61 Å².